The topological polar surface area (TPSA) is 93.8 Å². The monoisotopic (exact) mass is 416 g/mol. The van der Waals surface area contributed by atoms with Gasteiger partial charge in [0.25, 0.3) is 11.1 Å². The number of H-pyrrole nitrogens is 1. The molecule has 30 heavy (non-hydrogen) atoms. The molecular formula is C22H16N4O3S. The number of rotatable bonds is 5. The normalized spacial score (nSPS) is 11.3. The highest BCUT2D eigenvalue weighted by atomic mass is 32.2. The number of benzene rings is 2. The van der Waals surface area contributed by atoms with Gasteiger partial charge >= 0.3 is 0 Å². The zero-order valence-electron chi connectivity index (χ0n) is 15.7. The van der Waals surface area contributed by atoms with Gasteiger partial charge in [-0.1, -0.05) is 36.0 Å². The molecule has 5 rings (SSSR count). The Hall–Kier alpha value is -3.65. The van der Waals surface area contributed by atoms with E-state index < -0.39 is 0 Å². The fourth-order valence-corrected chi connectivity index (χ4v) is 4.16. The Kier molecular flexibility index (Phi) is 4.68. The molecule has 2 aromatic carbocycles. The number of thioether (sulfide) groups is 1. The first-order valence-corrected chi connectivity index (χ1v) is 10.3. The molecule has 0 atom stereocenters. The minimum atomic E-state index is -0.185. The average Bonchev–Trinajstić information content (AvgIpc) is 3.28. The molecule has 148 valence electrons. The molecule has 0 saturated heterocycles. The molecule has 1 N–H and O–H groups in total. The lowest BCUT2D eigenvalue weighted by Crippen LogP contribution is -2.24. The number of hydrogen-bond acceptors (Lipinski definition) is 6. The van der Waals surface area contributed by atoms with E-state index in [1.807, 2.05) is 30.3 Å². The minimum Gasteiger partial charge on any atom is -0.467 e. The number of nitrogens with zero attached hydrogens (tertiary/aromatic N) is 3. The van der Waals surface area contributed by atoms with Crippen molar-refractivity contribution in [3.63, 3.8) is 0 Å². The largest absolute Gasteiger partial charge is 0.467 e. The Labute approximate surface area is 174 Å². The lowest BCUT2D eigenvalue weighted by Gasteiger charge is -2.12. The van der Waals surface area contributed by atoms with Crippen molar-refractivity contribution in [3.8, 4) is 0 Å². The van der Waals surface area contributed by atoms with Gasteiger partial charge in [0, 0.05) is 0 Å². The highest BCUT2D eigenvalue weighted by Gasteiger charge is 2.14. The summed E-state index contributed by atoms with van der Waals surface area (Å²) in [6, 6.07) is 18.0. The smallest absolute Gasteiger partial charge is 0.262 e. The van der Waals surface area contributed by atoms with Crippen molar-refractivity contribution >= 4 is 33.6 Å². The second-order valence-corrected chi connectivity index (χ2v) is 7.64. The van der Waals surface area contributed by atoms with Crippen LogP contribution in [0, 0.1) is 0 Å². The van der Waals surface area contributed by atoms with E-state index in [1.54, 1.807) is 41.2 Å². The van der Waals surface area contributed by atoms with Gasteiger partial charge in [0.15, 0.2) is 5.16 Å². The number of aromatic nitrogens is 4. The highest BCUT2D eigenvalue weighted by Crippen LogP contribution is 2.22. The van der Waals surface area contributed by atoms with Gasteiger partial charge in [-0.3, -0.25) is 14.2 Å². The quantitative estimate of drug-likeness (QED) is 0.348. The molecule has 7 nitrogen and oxygen atoms in total. The van der Waals surface area contributed by atoms with Crippen LogP contribution < -0.4 is 11.1 Å². The number of para-hydroxylation sites is 2. The first-order chi connectivity index (χ1) is 14.7. The van der Waals surface area contributed by atoms with Gasteiger partial charge in [-0.2, -0.15) is 0 Å². The molecule has 0 fully saturated rings. The van der Waals surface area contributed by atoms with Crippen LogP contribution in [0.1, 0.15) is 11.6 Å². The first kappa shape index (κ1) is 18.4. The number of fused-ring (bicyclic) bond motifs is 2. The molecule has 0 bridgehead atoms. The maximum absolute atomic E-state index is 13.1. The van der Waals surface area contributed by atoms with Crippen LogP contribution in [0.3, 0.4) is 0 Å². The van der Waals surface area contributed by atoms with Crippen LogP contribution in [0.25, 0.3) is 21.8 Å². The zero-order valence-corrected chi connectivity index (χ0v) is 16.6. The molecule has 0 saturated carbocycles. The summed E-state index contributed by atoms with van der Waals surface area (Å²) in [5.41, 5.74) is 0.937. The predicted octanol–water partition coefficient (Wildman–Crippen LogP) is 3.57. The van der Waals surface area contributed by atoms with Crippen LogP contribution in [0.2, 0.25) is 0 Å². The van der Waals surface area contributed by atoms with Crippen LogP contribution in [-0.2, 0) is 12.3 Å². The lowest BCUT2D eigenvalue weighted by molar-refractivity contribution is 0.476. The highest BCUT2D eigenvalue weighted by molar-refractivity contribution is 7.98. The molecule has 0 aliphatic rings. The van der Waals surface area contributed by atoms with Gasteiger partial charge in [0.2, 0.25) is 0 Å². The van der Waals surface area contributed by atoms with Crippen molar-refractivity contribution in [2.75, 3.05) is 0 Å². The molecule has 8 heteroatoms. The van der Waals surface area contributed by atoms with E-state index in [0.29, 0.717) is 44.3 Å². The van der Waals surface area contributed by atoms with E-state index in [0.717, 1.165) is 0 Å². The SMILES string of the molecule is O=c1[nH]c(CSc2nc3ccccc3c(=O)n2Cc2ccco2)nc2ccccc12. The van der Waals surface area contributed by atoms with Crippen LogP contribution in [0.15, 0.2) is 86.1 Å². The van der Waals surface area contributed by atoms with E-state index in [2.05, 4.69) is 15.0 Å². The Balaban J connectivity index is 1.55. The second kappa shape index (κ2) is 7.64. The number of nitrogens with one attached hydrogen (secondary N) is 1. The van der Waals surface area contributed by atoms with Crippen molar-refractivity contribution in [1.82, 2.24) is 19.5 Å². The summed E-state index contributed by atoms with van der Waals surface area (Å²) >= 11 is 1.35. The number of aromatic amines is 1. The van der Waals surface area contributed by atoms with Gasteiger partial charge < -0.3 is 9.40 Å². The number of furan rings is 1. The van der Waals surface area contributed by atoms with Crippen LogP contribution in [0.5, 0.6) is 0 Å². The molecule has 3 heterocycles. The predicted molar refractivity (Wildman–Crippen MR) is 116 cm³/mol. The molecule has 0 unspecified atom stereocenters. The number of hydrogen-bond donors (Lipinski definition) is 1. The van der Waals surface area contributed by atoms with E-state index in [4.69, 9.17) is 4.42 Å². The van der Waals surface area contributed by atoms with Crippen molar-refractivity contribution in [1.29, 1.82) is 0 Å². The summed E-state index contributed by atoms with van der Waals surface area (Å²) in [4.78, 5) is 37.5. The molecular weight excluding hydrogens is 400 g/mol. The standard InChI is InChI=1S/C22H16N4O3S/c27-20-15-7-1-3-9-17(15)23-19(25-20)13-30-22-24-18-10-4-2-8-16(18)21(28)26(22)12-14-6-5-11-29-14/h1-11H,12-13H2,(H,23,25,27). The van der Waals surface area contributed by atoms with Crippen molar-refractivity contribution in [3.05, 3.63) is 99.2 Å². The van der Waals surface area contributed by atoms with Gasteiger partial charge in [-0.25, -0.2) is 9.97 Å². The van der Waals surface area contributed by atoms with Crippen molar-refractivity contribution < 1.29 is 4.42 Å². The third-order valence-corrected chi connectivity index (χ3v) is 5.71. The third kappa shape index (κ3) is 3.42. The fraction of sp³-hybridized carbons (Fsp3) is 0.0909. The molecule has 5 aromatic rings. The van der Waals surface area contributed by atoms with E-state index in [9.17, 15) is 9.59 Å². The van der Waals surface area contributed by atoms with E-state index >= 15 is 0 Å². The van der Waals surface area contributed by atoms with E-state index in [1.165, 1.54) is 11.8 Å². The third-order valence-electron chi connectivity index (χ3n) is 4.72. The van der Waals surface area contributed by atoms with Crippen molar-refractivity contribution in [2.24, 2.45) is 0 Å². The fourth-order valence-electron chi connectivity index (χ4n) is 3.29. The van der Waals surface area contributed by atoms with Crippen LogP contribution >= 0.6 is 11.8 Å². The maximum atomic E-state index is 13.1. The van der Waals surface area contributed by atoms with E-state index in [-0.39, 0.29) is 17.7 Å². The molecule has 0 aliphatic carbocycles. The Morgan fingerprint density at radius 2 is 1.63 bits per heavy atom. The zero-order chi connectivity index (χ0) is 20.5. The summed E-state index contributed by atoms with van der Waals surface area (Å²) in [7, 11) is 0. The van der Waals surface area contributed by atoms with Crippen LogP contribution in [-0.4, -0.2) is 19.5 Å². The maximum Gasteiger partial charge on any atom is 0.262 e. The summed E-state index contributed by atoms with van der Waals surface area (Å²) in [5.74, 6) is 1.55. The molecule has 0 radical (unpaired) electrons. The molecule has 0 aliphatic heterocycles. The lowest BCUT2D eigenvalue weighted by atomic mass is 10.2. The summed E-state index contributed by atoms with van der Waals surface area (Å²) in [5, 5.41) is 1.63. The minimum absolute atomic E-state index is 0.139. The molecule has 0 spiro atoms. The van der Waals surface area contributed by atoms with Gasteiger partial charge in [0.1, 0.15) is 11.6 Å². The van der Waals surface area contributed by atoms with Gasteiger partial charge in [0.05, 0.1) is 40.4 Å². The van der Waals surface area contributed by atoms with Gasteiger partial charge in [-0.15, -0.1) is 0 Å². The summed E-state index contributed by atoms with van der Waals surface area (Å²) in [6.07, 6.45) is 1.57. The van der Waals surface area contributed by atoms with Gasteiger partial charge in [-0.05, 0) is 36.4 Å². The van der Waals surface area contributed by atoms with Crippen molar-refractivity contribution in [2.45, 2.75) is 17.5 Å². The second-order valence-electron chi connectivity index (χ2n) is 6.70. The Morgan fingerprint density at radius 3 is 2.40 bits per heavy atom. The molecule has 3 aromatic heterocycles. The molecule has 0 amide bonds. The summed E-state index contributed by atoms with van der Waals surface area (Å²) < 4.78 is 7.02. The Bertz CT molecular complexity index is 1470. The van der Waals surface area contributed by atoms with Crippen LogP contribution in [0.4, 0.5) is 0 Å². The Morgan fingerprint density at radius 1 is 0.900 bits per heavy atom. The first-order valence-electron chi connectivity index (χ1n) is 9.32. The average molecular weight is 416 g/mol. The summed E-state index contributed by atoms with van der Waals surface area (Å²) in [6.45, 7) is 0.271.